The van der Waals surface area contributed by atoms with Crippen LogP contribution in [0.2, 0.25) is 0 Å². The summed E-state index contributed by atoms with van der Waals surface area (Å²) >= 11 is 0. The molecule has 1 aromatic heterocycles. The van der Waals surface area contributed by atoms with E-state index in [1.807, 2.05) is 0 Å². The van der Waals surface area contributed by atoms with E-state index < -0.39 is 0 Å². The van der Waals surface area contributed by atoms with Crippen molar-refractivity contribution >= 4 is 5.95 Å². The summed E-state index contributed by atoms with van der Waals surface area (Å²) in [6, 6.07) is 8.51. The highest BCUT2D eigenvalue weighted by Gasteiger charge is 2.27. The summed E-state index contributed by atoms with van der Waals surface area (Å²) in [4.78, 5) is 6.80. The summed E-state index contributed by atoms with van der Waals surface area (Å²) in [6.07, 6.45) is 3.49. The molecule has 0 saturated carbocycles. The van der Waals surface area contributed by atoms with E-state index >= 15 is 0 Å². The molecule has 1 unspecified atom stereocenters. The van der Waals surface area contributed by atoms with Crippen LogP contribution >= 0.6 is 0 Å². The molecule has 0 radical (unpaired) electrons. The van der Waals surface area contributed by atoms with Crippen LogP contribution < -0.4 is 10.2 Å². The van der Waals surface area contributed by atoms with Crippen molar-refractivity contribution in [2.45, 2.75) is 25.3 Å². The van der Waals surface area contributed by atoms with E-state index in [9.17, 15) is 0 Å². The minimum Gasteiger partial charge on any atom is -0.338 e. The number of nitrogens with zero attached hydrogens (tertiary/aromatic N) is 3. The maximum atomic E-state index is 5.51. The standard InChI is InChI=1S/C15H18N4O/c1-2-6-12-11(5-1)7-8-16-13(12)14-17-15(18-20-14)19-9-3-4-10-19/h1-2,5-6,13,16H,3-4,7-10H2. The van der Waals surface area contributed by atoms with Crippen LogP contribution in [-0.4, -0.2) is 29.8 Å². The van der Waals surface area contributed by atoms with Crippen LogP contribution in [0.15, 0.2) is 28.8 Å². The Morgan fingerprint density at radius 3 is 2.95 bits per heavy atom. The average Bonchev–Trinajstić information content (AvgIpc) is 3.17. The number of hydrogen-bond acceptors (Lipinski definition) is 5. The van der Waals surface area contributed by atoms with E-state index in [1.165, 1.54) is 24.0 Å². The van der Waals surface area contributed by atoms with Crippen molar-refractivity contribution in [3.05, 3.63) is 41.3 Å². The maximum Gasteiger partial charge on any atom is 0.266 e. The molecule has 4 rings (SSSR count). The third kappa shape index (κ3) is 1.98. The van der Waals surface area contributed by atoms with Crippen molar-refractivity contribution < 1.29 is 4.52 Å². The van der Waals surface area contributed by atoms with Crippen LogP contribution in [0.3, 0.4) is 0 Å². The molecular formula is C15H18N4O. The number of rotatable bonds is 2. The summed E-state index contributed by atoms with van der Waals surface area (Å²) in [5, 5.41) is 7.63. The third-order valence-corrected chi connectivity index (χ3v) is 4.18. The lowest BCUT2D eigenvalue weighted by Gasteiger charge is -2.23. The predicted octanol–water partition coefficient (Wildman–Crippen LogP) is 1.90. The first-order valence-electron chi connectivity index (χ1n) is 7.31. The molecule has 1 aromatic carbocycles. The summed E-state index contributed by atoms with van der Waals surface area (Å²) in [5.41, 5.74) is 2.63. The van der Waals surface area contributed by atoms with Gasteiger partial charge in [-0.25, -0.2) is 0 Å². The van der Waals surface area contributed by atoms with Crippen LogP contribution in [0.25, 0.3) is 0 Å². The molecule has 1 atom stereocenters. The van der Waals surface area contributed by atoms with Crippen LogP contribution in [0.4, 0.5) is 5.95 Å². The van der Waals surface area contributed by atoms with Crippen LogP contribution in [0.5, 0.6) is 0 Å². The van der Waals surface area contributed by atoms with Gasteiger partial charge in [-0.15, -0.1) is 0 Å². The fourth-order valence-electron chi connectivity index (χ4n) is 3.11. The molecule has 0 bridgehead atoms. The van der Waals surface area contributed by atoms with Crippen molar-refractivity contribution in [3.63, 3.8) is 0 Å². The van der Waals surface area contributed by atoms with Gasteiger partial charge in [0.2, 0.25) is 5.89 Å². The van der Waals surface area contributed by atoms with E-state index in [4.69, 9.17) is 4.52 Å². The predicted molar refractivity (Wildman–Crippen MR) is 75.7 cm³/mol. The Bertz CT molecular complexity index is 603. The van der Waals surface area contributed by atoms with Crippen LogP contribution in [-0.2, 0) is 6.42 Å². The quantitative estimate of drug-likeness (QED) is 0.903. The molecule has 2 aliphatic rings. The largest absolute Gasteiger partial charge is 0.338 e. The Hall–Kier alpha value is -1.88. The van der Waals surface area contributed by atoms with Crippen molar-refractivity contribution in [3.8, 4) is 0 Å². The molecule has 0 amide bonds. The molecule has 1 saturated heterocycles. The van der Waals surface area contributed by atoms with Gasteiger partial charge in [-0.2, -0.15) is 4.98 Å². The second-order valence-corrected chi connectivity index (χ2v) is 5.46. The van der Waals surface area contributed by atoms with Gasteiger partial charge in [-0.05, 0) is 35.5 Å². The SMILES string of the molecule is c1ccc2c(c1)CCNC2c1nc(N2CCCC2)no1. The highest BCUT2D eigenvalue weighted by Crippen LogP contribution is 2.28. The van der Waals surface area contributed by atoms with Crippen molar-refractivity contribution in [2.24, 2.45) is 0 Å². The summed E-state index contributed by atoms with van der Waals surface area (Å²) in [5.74, 6) is 1.42. The summed E-state index contributed by atoms with van der Waals surface area (Å²) in [7, 11) is 0. The zero-order chi connectivity index (χ0) is 13.4. The minimum atomic E-state index is 0.0313. The van der Waals surface area contributed by atoms with Gasteiger partial charge in [-0.1, -0.05) is 24.3 Å². The fraction of sp³-hybridized carbons (Fsp3) is 0.467. The number of hydrogen-bond donors (Lipinski definition) is 1. The van der Waals surface area contributed by atoms with Gasteiger partial charge in [0.1, 0.15) is 6.04 Å². The van der Waals surface area contributed by atoms with Gasteiger partial charge in [0, 0.05) is 19.6 Å². The van der Waals surface area contributed by atoms with E-state index in [2.05, 4.69) is 44.6 Å². The molecule has 2 aromatic rings. The average molecular weight is 270 g/mol. The second-order valence-electron chi connectivity index (χ2n) is 5.46. The van der Waals surface area contributed by atoms with Crippen molar-refractivity contribution in [2.75, 3.05) is 24.5 Å². The number of fused-ring (bicyclic) bond motifs is 1. The zero-order valence-corrected chi connectivity index (χ0v) is 11.4. The third-order valence-electron chi connectivity index (χ3n) is 4.18. The number of anilines is 1. The van der Waals surface area contributed by atoms with E-state index in [1.54, 1.807) is 0 Å². The fourth-order valence-corrected chi connectivity index (χ4v) is 3.11. The van der Waals surface area contributed by atoms with Gasteiger partial charge in [0.15, 0.2) is 0 Å². The monoisotopic (exact) mass is 270 g/mol. The first-order valence-corrected chi connectivity index (χ1v) is 7.31. The molecule has 1 N–H and O–H groups in total. The van der Waals surface area contributed by atoms with Crippen LogP contribution in [0.1, 0.15) is 35.9 Å². The topological polar surface area (TPSA) is 54.2 Å². The zero-order valence-electron chi connectivity index (χ0n) is 11.4. The van der Waals surface area contributed by atoms with E-state index in [-0.39, 0.29) is 6.04 Å². The molecule has 1 fully saturated rings. The molecule has 104 valence electrons. The second kappa shape index (κ2) is 4.90. The van der Waals surface area contributed by atoms with Gasteiger partial charge in [-0.3, -0.25) is 0 Å². The van der Waals surface area contributed by atoms with E-state index in [0.29, 0.717) is 5.89 Å². The van der Waals surface area contributed by atoms with Gasteiger partial charge >= 0.3 is 0 Å². The number of nitrogens with one attached hydrogen (secondary N) is 1. The molecule has 3 heterocycles. The lowest BCUT2D eigenvalue weighted by atomic mass is 9.94. The Balaban J connectivity index is 1.65. The lowest BCUT2D eigenvalue weighted by molar-refractivity contribution is 0.343. The molecule has 2 aliphatic heterocycles. The summed E-state index contributed by atoms with van der Waals surface area (Å²) in [6.45, 7) is 3.02. The Labute approximate surface area is 118 Å². The van der Waals surface area contributed by atoms with Gasteiger partial charge in [0.05, 0.1) is 0 Å². The number of benzene rings is 1. The highest BCUT2D eigenvalue weighted by atomic mass is 16.5. The molecule has 5 nitrogen and oxygen atoms in total. The Morgan fingerprint density at radius 1 is 1.20 bits per heavy atom. The van der Waals surface area contributed by atoms with E-state index in [0.717, 1.165) is 32.0 Å². The molecule has 0 aliphatic carbocycles. The van der Waals surface area contributed by atoms with Gasteiger partial charge in [0.25, 0.3) is 5.95 Å². The minimum absolute atomic E-state index is 0.0313. The highest BCUT2D eigenvalue weighted by molar-refractivity contribution is 5.37. The molecule has 5 heteroatoms. The normalized spacial score (nSPS) is 22.0. The van der Waals surface area contributed by atoms with Crippen molar-refractivity contribution in [1.82, 2.24) is 15.5 Å². The molecule has 20 heavy (non-hydrogen) atoms. The smallest absolute Gasteiger partial charge is 0.266 e. The Morgan fingerprint density at radius 2 is 2.05 bits per heavy atom. The first-order chi connectivity index (χ1) is 9.92. The van der Waals surface area contributed by atoms with Crippen LogP contribution in [0, 0.1) is 0 Å². The number of aromatic nitrogens is 2. The Kier molecular flexibility index (Phi) is 2.92. The maximum absolute atomic E-state index is 5.51. The molecular weight excluding hydrogens is 252 g/mol. The summed E-state index contributed by atoms with van der Waals surface area (Å²) < 4.78 is 5.51. The van der Waals surface area contributed by atoms with Gasteiger partial charge < -0.3 is 14.7 Å². The van der Waals surface area contributed by atoms with Crippen molar-refractivity contribution in [1.29, 1.82) is 0 Å². The lowest BCUT2D eigenvalue weighted by Crippen LogP contribution is -2.30. The molecule has 0 spiro atoms. The first kappa shape index (κ1) is 11.9.